The molecule has 0 amide bonds. The minimum absolute atomic E-state index is 0.449. The SMILES string of the molecule is CCc1noc(C2CC[N]CC2)n1. The van der Waals surface area contributed by atoms with Crippen LogP contribution >= 0.6 is 0 Å². The lowest BCUT2D eigenvalue weighted by molar-refractivity contribution is 0.317. The molecule has 1 saturated heterocycles. The van der Waals surface area contributed by atoms with E-state index in [0.29, 0.717) is 5.92 Å². The molecule has 0 bridgehead atoms. The van der Waals surface area contributed by atoms with E-state index >= 15 is 0 Å². The van der Waals surface area contributed by atoms with Crippen LogP contribution in [0.15, 0.2) is 4.52 Å². The van der Waals surface area contributed by atoms with Crippen LogP contribution in [0.3, 0.4) is 0 Å². The van der Waals surface area contributed by atoms with E-state index < -0.39 is 0 Å². The van der Waals surface area contributed by atoms with Gasteiger partial charge in [-0.3, -0.25) is 0 Å². The Morgan fingerprint density at radius 3 is 2.77 bits per heavy atom. The second-order valence-electron chi connectivity index (χ2n) is 3.35. The van der Waals surface area contributed by atoms with E-state index in [1.54, 1.807) is 0 Å². The van der Waals surface area contributed by atoms with E-state index in [4.69, 9.17) is 4.52 Å². The van der Waals surface area contributed by atoms with E-state index in [2.05, 4.69) is 15.5 Å². The molecule has 0 aromatic carbocycles. The van der Waals surface area contributed by atoms with Crippen molar-refractivity contribution in [3.63, 3.8) is 0 Å². The topological polar surface area (TPSA) is 53.0 Å². The Bertz CT molecular complexity index is 266. The molecule has 4 nitrogen and oxygen atoms in total. The average Bonchev–Trinajstić information content (AvgIpc) is 2.67. The van der Waals surface area contributed by atoms with Gasteiger partial charge < -0.3 is 4.52 Å². The molecule has 1 fully saturated rings. The molecule has 1 aliphatic rings. The Hall–Kier alpha value is -0.900. The molecule has 1 radical (unpaired) electrons. The largest absolute Gasteiger partial charge is 0.339 e. The minimum Gasteiger partial charge on any atom is -0.339 e. The highest BCUT2D eigenvalue weighted by atomic mass is 16.5. The number of rotatable bonds is 2. The average molecular weight is 180 g/mol. The van der Waals surface area contributed by atoms with Crippen LogP contribution in [0.2, 0.25) is 0 Å². The van der Waals surface area contributed by atoms with Crippen molar-refractivity contribution in [2.24, 2.45) is 0 Å². The number of aromatic nitrogens is 2. The number of aryl methyl sites for hydroxylation is 1. The van der Waals surface area contributed by atoms with E-state index in [0.717, 1.165) is 44.1 Å². The first-order valence-electron chi connectivity index (χ1n) is 4.86. The first-order valence-corrected chi connectivity index (χ1v) is 4.86. The van der Waals surface area contributed by atoms with Crippen molar-refractivity contribution in [3.05, 3.63) is 11.7 Å². The van der Waals surface area contributed by atoms with Gasteiger partial charge in [0.1, 0.15) is 0 Å². The summed E-state index contributed by atoms with van der Waals surface area (Å²) in [4.78, 5) is 4.33. The second-order valence-corrected chi connectivity index (χ2v) is 3.35. The highest BCUT2D eigenvalue weighted by molar-refractivity contribution is 4.95. The van der Waals surface area contributed by atoms with Crippen LogP contribution in [0.25, 0.3) is 0 Å². The summed E-state index contributed by atoms with van der Waals surface area (Å²) >= 11 is 0. The molecular formula is C9H14N3O. The van der Waals surface area contributed by atoms with Gasteiger partial charge in [0, 0.05) is 25.4 Å². The van der Waals surface area contributed by atoms with Crippen LogP contribution < -0.4 is 5.32 Å². The molecule has 0 unspecified atom stereocenters. The first-order chi connectivity index (χ1) is 6.40. The molecule has 0 N–H and O–H groups in total. The van der Waals surface area contributed by atoms with Crippen LogP contribution in [-0.4, -0.2) is 23.2 Å². The molecule has 1 aromatic heterocycles. The van der Waals surface area contributed by atoms with Gasteiger partial charge in [0.15, 0.2) is 5.82 Å². The second kappa shape index (κ2) is 3.87. The van der Waals surface area contributed by atoms with E-state index in [1.807, 2.05) is 6.92 Å². The van der Waals surface area contributed by atoms with Gasteiger partial charge in [-0.25, -0.2) is 5.32 Å². The van der Waals surface area contributed by atoms with Crippen LogP contribution in [0.5, 0.6) is 0 Å². The zero-order valence-electron chi connectivity index (χ0n) is 7.86. The standard InChI is InChI=1S/C9H14N3O/c1-2-8-11-9(13-12-8)7-3-5-10-6-4-7/h7H,2-6H2,1H3. The third kappa shape index (κ3) is 1.88. The summed E-state index contributed by atoms with van der Waals surface area (Å²) in [6, 6.07) is 0. The summed E-state index contributed by atoms with van der Waals surface area (Å²) in [6.07, 6.45) is 2.97. The maximum Gasteiger partial charge on any atom is 0.229 e. The Morgan fingerprint density at radius 1 is 1.38 bits per heavy atom. The highest BCUT2D eigenvalue weighted by Crippen LogP contribution is 2.23. The Kier molecular flexibility index (Phi) is 2.59. The Balaban J connectivity index is 2.05. The van der Waals surface area contributed by atoms with Crippen LogP contribution in [0.4, 0.5) is 0 Å². The zero-order chi connectivity index (χ0) is 9.10. The molecule has 0 saturated carbocycles. The molecule has 71 valence electrons. The van der Waals surface area contributed by atoms with E-state index in [1.165, 1.54) is 0 Å². The number of hydrogen-bond acceptors (Lipinski definition) is 3. The van der Waals surface area contributed by atoms with Crippen molar-refractivity contribution in [3.8, 4) is 0 Å². The van der Waals surface area contributed by atoms with Gasteiger partial charge in [0.2, 0.25) is 5.89 Å². The van der Waals surface area contributed by atoms with Gasteiger partial charge in [0.25, 0.3) is 0 Å². The van der Waals surface area contributed by atoms with Gasteiger partial charge in [-0.15, -0.1) is 0 Å². The third-order valence-corrected chi connectivity index (χ3v) is 2.42. The summed E-state index contributed by atoms with van der Waals surface area (Å²) in [5.74, 6) is 2.08. The molecular weight excluding hydrogens is 166 g/mol. The first kappa shape index (κ1) is 8.69. The predicted octanol–water partition coefficient (Wildman–Crippen LogP) is 1.11. The summed E-state index contributed by atoms with van der Waals surface area (Å²) in [7, 11) is 0. The fraction of sp³-hybridized carbons (Fsp3) is 0.778. The normalized spacial score (nSPS) is 19.2. The third-order valence-electron chi connectivity index (χ3n) is 2.42. The van der Waals surface area contributed by atoms with Gasteiger partial charge in [-0.05, 0) is 12.8 Å². The number of hydrogen-bond donors (Lipinski definition) is 0. The van der Waals surface area contributed by atoms with Crippen molar-refractivity contribution in [1.29, 1.82) is 0 Å². The summed E-state index contributed by atoms with van der Waals surface area (Å²) in [5.41, 5.74) is 0. The minimum atomic E-state index is 0.449. The Morgan fingerprint density at radius 2 is 2.15 bits per heavy atom. The fourth-order valence-electron chi connectivity index (χ4n) is 1.57. The molecule has 4 heteroatoms. The van der Waals surface area contributed by atoms with Gasteiger partial charge in [0.05, 0.1) is 0 Å². The molecule has 1 aliphatic heterocycles. The molecule has 0 aliphatic carbocycles. The predicted molar refractivity (Wildman–Crippen MR) is 47.5 cm³/mol. The molecule has 0 atom stereocenters. The molecule has 1 aromatic rings. The van der Waals surface area contributed by atoms with Crippen molar-refractivity contribution < 1.29 is 4.52 Å². The van der Waals surface area contributed by atoms with Crippen molar-refractivity contribution in [2.75, 3.05) is 13.1 Å². The highest BCUT2D eigenvalue weighted by Gasteiger charge is 2.21. The lowest BCUT2D eigenvalue weighted by Gasteiger charge is -2.17. The van der Waals surface area contributed by atoms with Crippen molar-refractivity contribution >= 4 is 0 Å². The number of nitrogens with zero attached hydrogens (tertiary/aromatic N) is 3. The van der Waals surface area contributed by atoms with Crippen LogP contribution in [0, 0.1) is 0 Å². The lowest BCUT2D eigenvalue weighted by Crippen LogP contribution is -2.21. The van der Waals surface area contributed by atoms with Crippen LogP contribution in [-0.2, 0) is 6.42 Å². The molecule has 2 heterocycles. The van der Waals surface area contributed by atoms with E-state index in [-0.39, 0.29) is 0 Å². The van der Waals surface area contributed by atoms with Crippen molar-refractivity contribution in [2.45, 2.75) is 32.1 Å². The maximum atomic E-state index is 5.19. The van der Waals surface area contributed by atoms with Gasteiger partial charge in [-0.2, -0.15) is 4.98 Å². The molecule has 13 heavy (non-hydrogen) atoms. The summed E-state index contributed by atoms with van der Waals surface area (Å²) in [6.45, 7) is 3.91. The van der Waals surface area contributed by atoms with Crippen LogP contribution in [0.1, 0.15) is 37.4 Å². The summed E-state index contributed by atoms with van der Waals surface area (Å²) < 4.78 is 5.19. The molecule has 0 spiro atoms. The quantitative estimate of drug-likeness (QED) is 0.685. The number of piperidine rings is 1. The smallest absolute Gasteiger partial charge is 0.229 e. The van der Waals surface area contributed by atoms with E-state index in [9.17, 15) is 0 Å². The Labute approximate surface area is 77.7 Å². The van der Waals surface area contributed by atoms with Gasteiger partial charge in [-0.1, -0.05) is 12.1 Å². The van der Waals surface area contributed by atoms with Crippen molar-refractivity contribution in [1.82, 2.24) is 15.5 Å². The summed E-state index contributed by atoms with van der Waals surface area (Å²) in [5, 5.41) is 8.18. The monoisotopic (exact) mass is 180 g/mol. The fourth-order valence-corrected chi connectivity index (χ4v) is 1.57. The molecule has 2 rings (SSSR count). The maximum absolute atomic E-state index is 5.19. The van der Waals surface area contributed by atoms with Gasteiger partial charge >= 0.3 is 0 Å². The lowest BCUT2D eigenvalue weighted by atomic mass is 9.98. The zero-order valence-corrected chi connectivity index (χ0v) is 7.86.